The number of hydrogen-bond acceptors (Lipinski definition) is 3. The number of hydrogen-bond donors (Lipinski definition) is 1. The normalized spacial score (nSPS) is 11.4. The molecule has 1 aromatic heterocycles. The van der Waals surface area contributed by atoms with E-state index in [4.69, 9.17) is 5.73 Å². The molecular formula is C6H4F4N2O. The van der Waals surface area contributed by atoms with Crippen molar-refractivity contribution < 1.29 is 22.3 Å². The Morgan fingerprint density at radius 2 is 2.00 bits per heavy atom. The van der Waals surface area contributed by atoms with Gasteiger partial charge in [-0.1, -0.05) is 0 Å². The topological polar surface area (TPSA) is 48.1 Å². The lowest BCUT2D eigenvalue weighted by molar-refractivity contribution is -0.275. The average Bonchev–Trinajstić information content (AvgIpc) is 1.96. The summed E-state index contributed by atoms with van der Waals surface area (Å²) in [6, 6.07) is 0.735. The first-order valence-electron chi connectivity index (χ1n) is 3.06. The van der Waals surface area contributed by atoms with E-state index in [1.807, 2.05) is 0 Å². The van der Waals surface area contributed by atoms with Crippen LogP contribution in [0.3, 0.4) is 0 Å². The van der Waals surface area contributed by atoms with Crippen LogP contribution >= 0.6 is 0 Å². The van der Waals surface area contributed by atoms with Crippen molar-refractivity contribution >= 4 is 5.82 Å². The Balaban J connectivity index is 2.96. The van der Waals surface area contributed by atoms with Crippen LogP contribution in [-0.4, -0.2) is 11.3 Å². The van der Waals surface area contributed by atoms with Crippen molar-refractivity contribution in [2.75, 3.05) is 5.73 Å². The third kappa shape index (κ3) is 2.46. The zero-order chi connectivity index (χ0) is 10.1. The van der Waals surface area contributed by atoms with Crippen LogP contribution in [0.2, 0.25) is 0 Å². The van der Waals surface area contributed by atoms with Crippen LogP contribution < -0.4 is 10.5 Å². The summed E-state index contributed by atoms with van der Waals surface area (Å²) < 4.78 is 50.8. The van der Waals surface area contributed by atoms with Crippen molar-refractivity contribution in [1.29, 1.82) is 0 Å². The van der Waals surface area contributed by atoms with Crippen molar-refractivity contribution in [1.82, 2.24) is 4.98 Å². The number of anilines is 1. The van der Waals surface area contributed by atoms with E-state index in [9.17, 15) is 17.6 Å². The Labute approximate surface area is 70.1 Å². The largest absolute Gasteiger partial charge is 0.573 e. The summed E-state index contributed by atoms with van der Waals surface area (Å²) in [6.45, 7) is 0. The number of halogens is 4. The number of ether oxygens (including phenoxy) is 1. The minimum Gasteiger partial charge on any atom is -0.402 e. The van der Waals surface area contributed by atoms with Gasteiger partial charge in [0.25, 0.3) is 0 Å². The van der Waals surface area contributed by atoms with Gasteiger partial charge in [-0.25, -0.2) is 4.98 Å². The lowest BCUT2D eigenvalue weighted by Gasteiger charge is -2.09. The summed E-state index contributed by atoms with van der Waals surface area (Å²) in [5, 5.41) is 0. The van der Waals surface area contributed by atoms with Gasteiger partial charge in [0.2, 0.25) is 5.82 Å². The van der Waals surface area contributed by atoms with Crippen molar-refractivity contribution in [3.8, 4) is 5.75 Å². The molecule has 0 aliphatic carbocycles. The SMILES string of the molecule is Nc1nccc(OC(F)(F)F)c1F. The van der Waals surface area contributed by atoms with Gasteiger partial charge in [-0.05, 0) is 0 Å². The number of rotatable bonds is 1. The highest BCUT2D eigenvalue weighted by Gasteiger charge is 2.32. The molecule has 2 N–H and O–H groups in total. The molecule has 3 nitrogen and oxygen atoms in total. The Morgan fingerprint density at radius 3 is 2.54 bits per heavy atom. The quantitative estimate of drug-likeness (QED) is 0.695. The molecule has 0 amide bonds. The molecule has 0 atom stereocenters. The second-order valence-electron chi connectivity index (χ2n) is 2.06. The number of pyridine rings is 1. The fraction of sp³-hybridized carbons (Fsp3) is 0.167. The fourth-order valence-electron chi connectivity index (χ4n) is 0.645. The number of aromatic nitrogens is 1. The number of nitrogen functional groups attached to an aromatic ring is 1. The van der Waals surface area contributed by atoms with Gasteiger partial charge in [0.05, 0.1) is 0 Å². The van der Waals surface area contributed by atoms with Crippen LogP contribution in [-0.2, 0) is 0 Å². The maximum Gasteiger partial charge on any atom is 0.573 e. The number of nitrogens with two attached hydrogens (primary N) is 1. The van der Waals surface area contributed by atoms with E-state index in [1.54, 1.807) is 0 Å². The molecule has 7 heteroatoms. The fourth-order valence-corrected chi connectivity index (χ4v) is 0.645. The Kier molecular flexibility index (Phi) is 2.26. The number of nitrogens with zero attached hydrogens (tertiary/aromatic N) is 1. The summed E-state index contributed by atoms with van der Waals surface area (Å²) in [5.41, 5.74) is 4.91. The Bertz CT molecular complexity index is 312. The highest BCUT2D eigenvalue weighted by molar-refractivity contribution is 5.38. The molecule has 13 heavy (non-hydrogen) atoms. The van der Waals surface area contributed by atoms with Gasteiger partial charge in [0.1, 0.15) is 0 Å². The molecule has 0 aromatic carbocycles. The van der Waals surface area contributed by atoms with Crippen molar-refractivity contribution in [3.63, 3.8) is 0 Å². The first kappa shape index (κ1) is 9.56. The van der Waals surface area contributed by atoms with Gasteiger partial charge in [-0.3, -0.25) is 0 Å². The lowest BCUT2D eigenvalue weighted by Crippen LogP contribution is -2.18. The van der Waals surface area contributed by atoms with Crippen LogP contribution in [0.5, 0.6) is 5.75 Å². The van der Waals surface area contributed by atoms with Crippen LogP contribution in [0.1, 0.15) is 0 Å². The van der Waals surface area contributed by atoms with Gasteiger partial charge in [0.15, 0.2) is 11.6 Å². The van der Waals surface area contributed by atoms with E-state index in [1.165, 1.54) is 0 Å². The molecule has 0 saturated carbocycles. The maximum absolute atomic E-state index is 12.7. The molecule has 0 bridgehead atoms. The molecule has 0 fully saturated rings. The van der Waals surface area contributed by atoms with Crippen LogP contribution in [0.4, 0.5) is 23.4 Å². The summed E-state index contributed by atoms with van der Waals surface area (Å²) in [5.74, 6) is -2.94. The molecule has 0 unspecified atom stereocenters. The standard InChI is InChI=1S/C6H4F4N2O/c7-4-3(13-6(8,9)10)1-2-12-5(4)11/h1-2H,(H2,11,12). The molecule has 0 radical (unpaired) electrons. The molecule has 0 aliphatic rings. The minimum atomic E-state index is -4.94. The minimum absolute atomic E-state index is 0.637. The monoisotopic (exact) mass is 196 g/mol. The molecule has 0 spiro atoms. The van der Waals surface area contributed by atoms with E-state index >= 15 is 0 Å². The molecule has 0 aliphatic heterocycles. The second kappa shape index (κ2) is 3.08. The van der Waals surface area contributed by atoms with Crippen molar-refractivity contribution in [2.45, 2.75) is 6.36 Å². The van der Waals surface area contributed by atoms with Gasteiger partial charge in [0, 0.05) is 12.3 Å². The summed E-state index contributed by atoms with van der Waals surface area (Å²) in [6.07, 6.45) is -4.02. The molecule has 72 valence electrons. The molecule has 0 saturated heterocycles. The summed E-state index contributed by atoms with van der Waals surface area (Å²) >= 11 is 0. The van der Waals surface area contributed by atoms with Gasteiger partial charge >= 0.3 is 6.36 Å². The van der Waals surface area contributed by atoms with E-state index < -0.39 is 23.7 Å². The van der Waals surface area contributed by atoms with Crippen LogP contribution in [0.25, 0.3) is 0 Å². The highest BCUT2D eigenvalue weighted by atomic mass is 19.4. The van der Waals surface area contributed by atoms with E-state index in [0.717, 1.165) is 12.3 Å². The highest BCUT2D eigenvalue weighted by Crippen LogP contribution is 2.26. The Morgan fingerprint density at radius 1 is 1.38 bits per heavy atom. The molecule has 1 aromatic rings. The van der Waals surface area contributed by atoms with Crippen LogP contribution in [0.15, 0.2) is 12.3 Å². The Hall–Kier alpha value is -1.53. The molecule has 1 rings (SSSR count). The first-order valence-corrected chi connectivity index (χ1v) is 3.06. The van der Waals surface area contributed by atoms with E-state index in [-0.39, 0.29) is 0 Å². The number of alkyl halides is 3. The van der Waals surface area contributed by atoms with Gasteiger partial charge < -0.3 is 10.5 Å². The zero-order valence-corrected chi connectivity index (χ0v) is 6.10. The van der Waals surface area contributed by atoms with Crippen molar-refractivity contribution in [3.05, 3.63) is 18.1 Å². The zero-order valence-electron chi connectivity index (χ0n) is 6.10. The van der Waals surface area contributed by atoms with Gasteiger partial charge in [-0.2, -0.15) is 4.39 Å². The predicted octanol–water partition coefficient (Wildman–Crippen LogP) is 1.70. The van der Waals surface area contributed by atoms with Gasteiger partial charge in [-0.15, -0.1) is 13.2 Å². The van der Waals surface area contributed by atoms with Crippen LogP contribution in [0, 0.1) is 5.82 Å². The summed E-state index contributed by atoms with van der Waals surface area (Å²) in [4.78, 5) is 3.22. The average molecular weight is 196 g/mol. The smallest absolute Gasteiger partial charge is 0.402 e. The third-order valence-electron chi connectivity index (χ3n) is 1.11. The predicted molar refractivity (Wildman–Crippen MR) is 35.3 cm³/mol. The second-order valence-corrected chi connectivity index (χ2v) is 2.06. The van der Waals surface area contributed by atoms with Crippen molar-refractivity contribution in [2.24, 2.45) is 0 Å². The molecule has 1 heterocycles. The maximum atomic E-state index is 12.7. The molecular weight excluding hydrogens is 192 g/mol. The third-order valence-corrected chi connectivity index (χ3v) is 1.11. The lowest BCUT2D eigenvalue weighted by atomic mass is 10.4. The van der Waals surface area contributed by atoms with E-state index in [2.05, 4.69) is 9.72 Å². The van der Waals surface area contributed by atoms with E-state index in [0.29, 0.717) is 0 Å². The first-order chi connectivity index (χ1) is 5.90. The summed E-state index contributed by atoms with van der Waals surface area (Å²) in [7, 11) is 0.